The minimum atomic E-state index is -3.78. The predicted molar refractivity (Wildman–Crippen MR) is 127 cm³/mol. The number of ether oxygens (including phenoxy) is 1. The minimum Gasteiger partial charge on any atom is -0.493 e. The van der Waals surface area contributed by atoms with Gasteiger partial charge in [-0.25, -0.2) is 13.4 Å². The van der Waals surface area contributed by atoms with E-state index in [2.05, 4.69) is 28.7 Å². The van der Waals surface area contributed by atoms with Crippen molar-refractivity contribution in [1.29, 1.82) is 0 Å². The Morgan fingerprint density at radius 3 is 2.56 bits per heavy atom. The molecule has 0 saturated carbocycles. The van der Waals surface area contributed by atoms with Gasteiger partial charge in [-0.1, -0.05) is 26.8 Å². The molecule has 2 unspecified atom stereocenters. The van der Waals surface area contributed by atoms with E-state index in [9.17, 15) is 8.42 Å². The third kappa shape index (κ3) is 4.47. The Balaban J connectivity index is 1.61. The van der Waals surface area contributed by atoms with Crippen molar-refractivity contribution >= 4 is 32.3 Å². The van der Waals surface area contributed by atoms with Gasteiger partial charge in [-0.3, -0.25) is 4.98 Å². The highest BCUT2D eigenvalue weighted by molar-refractivity contribution is 7.89. The van der Waals surface area contributed by atoms with Gasteiger partial charge in [0.15, 0.2) is 0 Å². The van der Waals surface area contributed by atoms with E-state index in [0.29, 0.717) is 18.3 Å². The zero-order valence-corrected chi connectivity index (χ0v) is 19.5. The molecule has 0 fully saturated rings. The van der Waals surface area contributed by atoms with Gasteiger partial charge in [-0.05, 0) is 61.4 Å². The van der Waals surface area contributed by atoms with E-state index in [1.54, 1.807) is 35.5 Å². The normalized spacial score (nSPS) is 18.9. The van der Waals surface area contributed by atoms with E-state index in [1.165, 1.54) is 0 Å². The lowest BCUT2D eigenvalue weighted by molar-refractivity contribution is 0.271. The number of rotatable bonds is 7. The largest absolute Gasteiger partial charge is 0.493 e. The molecule has 3 aromatic rings. The van der Waals surface area contributed by atoms with Crippen molar-refractivity contribution < 1.29 is 13.2 Å². The summed E-state index contributed by atoms with van der Waals surface area (Å²) >= 11 is 0. The monoisotopic (exact) mass is 452 g/mol. The van der Waals surface area contributed by atoms with Gasteiger partial charge < -0.3 is 4.74 Å². The van der Waals surface area contributed by atoms with Crippen molar-refractivity contribution in [3.8, 4) is 5.75 Å². The third-order valence-electron chi connectivity index (χ3n) is 5.52. The number of anilines is 1. The lowest BCUT2D eigenvalue weighted by Gasteiger charge is -2.28. The van der Waals surface area contributed by atoms with Crippen LogP contribution in [0.1, 0.15) is 27.7 Å². The molecule has 0 amide bonds. The molecule has 4 rings (SSSR count). The van der Waals surface area contributed by atoms with Crippen LogP contribution < -0.4 is 14.5 Å². The number of aromatic nitrogens is 1. The van der Waals surface area contributed by atoms with Crippen molar-refractivity contribution in [3.63, 3.8) is 0 Å². The number of hydrazone groups is 1. The Labute approximate surface area is 189 Å². The summed E-state index contributed by atoms with van der Waals surface area (Å²) in [7, 11) is -3.78. The van der Waals surface area contributed by atoms with Crippen LogP contribution in [0.3, 0.4) is 0 Å². The molecule has 2 aromatic carbocycles. The molecule has 2 heterocycles. The molecule has 0 spiro atoms. The summed E-state index contributed by atoms with van der Waals surface area (Å²) in [6, 6.07) is 16.1. The van der Waals surface area contributed by atoms with Crippen molar-refractivity contribution in [1.82, 2.24) is 9.71 Å². The Morgan fingerprint density at radius 1 is 1.09 bits per heavy atom. The van der Waals surface area contributed by atoms with Crippen LogP contribution in [0.25, 0.3) is 10.9 Å². The maximum absolute atomic E-state index is 13.2. The van der Waals surface area contributed by atoms with Crippen molar-refractivity contribution in [2.45, 2.75) is 38.8 Å². The van der Waals surface area contributed by atoms with Crippen LogP contribution in [0.5, 0.6) is 5.75 Å². The van der Waals surface area contributed by atoms with Gasteiger partial charge in [-0.2, -0.15) is 9.82 Å². The predicted octanol–water partition coefficient (Wildman–Crippen LogP) is 4.41. The highest BCUT2D eigenvalue weighted by Crippen LogP contribution is 2.33. The molecule has 32 heavy (non-hydrogen) atoms. The quantitative estimate of drug-likeness (QED) is 0.574. The van der Waals surface area contributed by atoms with Crippen LogP contribution in [0, 0.1) is 11.8 Å². The standard InChI is InChI=1S/C24H28N4O3S/c1-16(2)15-31-19-10-12-20(13-11-19)32(29,30)27-24-17(3)18(4)26-28(24)23-9-5-8-22-21(23)7-6-14-25-22/h5-14,16-17,24,27H,15H2,1-4H3. The molecule has 7 nitrogen and oxygen atoms in total. The van der Waals surface area contributed by atoms with Crippen LogP contribution in [0.2, 0.25) is 0 Å². The van der Waals surface area contributed by atoms with E-state index in [-0.39, 0.29) is 10.8 Å². The SMILES string of the molecule is CC1=NN(c2cccc3ncccc23)C(NS(=O)(=O)c2ccc(OCC(C)C)cc2)C1C. The number of sulfonamides is 1. The van der Waals surface area contributed by atoms with Crippen LogP contribution in [0.4, 0.5) is 5.69 Å². The highest BCUT2D eigenvalue weighted by atomic mass is 32.2. The van der Waals surface area contributed by atoms with Crippen molar-refractivity contribution in [3.05, 3.63) is 60.8 Å². The molecule has 1 N–H and O–H groups in total. The second-order valence-electron chi connectivity index (χ2n) is 8.46. The Bertz CT molecular complexity index is 1230. The fraction of sp³-hybridized carbons (Fsp3) is 0.333. The smallest absolute Gasteiger partial charge is 0.242 e. The van der Waals surface area contributed by atoms with Gasteiger partial charge >= 0.3 is 0 Å². The summed E-state index contributed by atoms with van der Waals surface area (Å²) in [6.45, 7) is 8.59. The second kappa shape index (κ2) is 8.88. The number of nitrogens with zero attached hydrogens (tertiary/aromatic N) is 3. The van der Waals surface area contributed by atoms with Crippen molar-refractivity contribution in [2.24, 2.45) is 16.9 Å². The van der Waals surface area contributed by atoms with Gasteiger partial charge in [0.25, 0.3) is 0 Å². The second-order valence-corrected chi connectivity index (χ2v) is 10.2. The van der Waals surface area contributed by atoms with E-state index >= 15 is 0 Å². The van der Waals surface area contributed by atoms with Crippen LogP contribution in [0.15, 0.2) is 70.8 Å². The topological polar surface area (TPSA) is 83.9 Å². The van der Waals surface area contributed by atoms with Gasteiger partial charge in [-0.15, -0.1) is 0 Å². The Kier molecular flexibility index (Phi) is 6.17. The van der Waals surface area contributed by atoms with Crippen LogP contribution >= 0.6 is 0 Å². The molecule has 0 saturated heterocycles. The molecule has 0 bridgehead atoms. The van der Waals surface area contributed by atoms with Crippen LogP contribution in [-0.2, 0) is 10.0 Å². The van der Waals surface area contributed by atoms with E-state index < -0.39 is 16.2 Å². The van der Waals surface area contributed by atoms with E-state index in [4.69, 9.17) is 4.74 Å². The minimum absolute atomic E-state index is 0.106. The Hall–Kier alpha value is -2.97. The van der Waals surface area contributed by atoms with Crippen molar-refractivity contribution in [2.75, 3.05) is 11.6 Å². The third-order valence-corrected chi connectivity index (χ3v) is 6.97. The fourth-order valence-corrected chi connectivity index (χ4v) is 4.86. The number of benzene rings is 2. The molecular formula is C24H28N4O3S. The maximum Gasteiger partial charge on any atom is 0.242 e. The van der Waals surface area contributed by atoms with E-state index in [0.717, 1.165) is 22.3 Å². The first-order valence-electron chi connectivity index (χ1n) is 10.7. The van der Waals surface area contributed by atoms with Gasteiger partial charge in [0.05, 0.1) is 22.7 Å². The lowest BCUT2D eigenvalue weighted by atomic mass is 10.0. The molecular weight excluding hydrogens is 424 g/mol. The zero-order chi connectivity index (χ0) is 22.9. The molecule has 1 aliphatic heterocycles. The summed E-state index contributed by atoms with van der Waals surface area (Å²) in [5.74, 6) is 0.934. The first kappa shape index (κ1) is 22.2. The first-order valence-corrected chi connectivity index (χ1v) is 12.2. The summed E-state index contributed by atoms with van der Waals surface area (Å²) in [5, 5.41) is 7.34. The summed E-state index contributed by atoms with van der Waals surface area (Å²) in [6.07, 6.45) is 1.18. The number of hydrogen-bond acceptors (Lipinski definition) is 6. The molecule has 0 aliphatic carbocycles. The van der Waals surface area contributed by atoms with Gasteiger partial charge in [0, 0.05) is 23.2 Å². The van der Waals surface area contributed by atoms with E-state index in [1.807, 2.05) is 44.2 Å². The number of fused-ring (bicyclic) bond motifs is 1. The average molecular weight is 453 g/mol. The van der Waals surface area contributed by atoms with Gasteiger partial charge in [0.1, 0.15) is 11.9 Å². The number of hydrogen-bond donors (Lipinski definition) is 1. The average Bonchev–Trinajstić information content (AvgIpc) is 3.05. The molecule has 168 valence electrons. The summed E-state index contributed by atoms with van der Waals surface area (Å²) < 4.78 is 35.0. The summed E-state index contributed by atoms with van der Waals surface area (Å²) in [4.78, 5) is 4.59. The molecule has 2 atom stereocenters. The summed E-state index contributed by atoms with van der Waals surface area (Å²) in [5.41, 5.74) is 2.50. The Morgan fingerprint density at radius 2 is 1.84 bits per heavy atom. The molecule has 0 radical (unpaired) electrons. The lowest BCUT2D eigenvalue weighted by Crippen LogP contribution is -2.47. The number of pyridine rings is 1. The molecule has 1 aliphatic rings. The first-order chi connectivity index (χ1) is 15.3. The van der Waals surface area contributed by atoms with Crippen LogP contribution in [-0.4, -0.2) is 31.9 Å². The molecule has 8 heteroatoms. The number of nitrogens with one attached hydrogen (secondary N) is 1. The zero-order valence-electron chi connectivity index (χ0n) is 18.7. The maximum atomic E-state index is 13.2. The molecule has 1 aromatic heterocycles. The fourth-order valence-electron chi connectivity index (χ4n) is 3.61. The highest BCUT2D eigenvalue weighted by Gasteiger charge is 2.37. The van der Waals surface area contributed by atoms with Gasteiger partial charge in [0.2, 0.25) is 10.0 Å².